The smallest absolute Gasteiger partial charge is 0.225 e. The molecule has 2 aliphatic rings. The van der Waals surface area contributed by atoms with Crippen molar-refractivity contribution in [1.29, 1.82) is 0 Å². The molecule has 0 atom stereocenters. The van der Waals surface area contributed by atoms with Gasteiger partial charge in [-0.25, -0.2) is 0 Å². The average Bonchev–Trinajstić information content (AvgIpc) is 2.96. The van der Waals surface area contributed by atoms with Crippen molar-refractivity contribution >= 4 is 17.4 Å². The Morgan fingerprint density at radius 1 is 1.12 bits per heavy atom. The van der Waals surface area contributed by atoms with Crippen molar-refractivity contribution in [3.05, 3.63) is 18.0 Å². The summed E-state index contributed by atoms with van der Waals surface area (Å²) >= 11 is 0. The molecule has 1 aliphatic carbocycles. The van der Waals surface area contributed by atoms with E-state index in [2.05, 4.69) is 15.3 Å². The summed E-state index contributed by atoms with van der Waals surface area (Å²) in [5.41, 5.74) is 0.781. The van der Waals surface area contributed by atoms with Gasteiger partial charge in [-0.2, -0.15) is 4.52 Å². The van der Waals surface area contributed by atoms with Crippen LogP contribution in [-0.4, -0.2) is 57.8 Å². The molecule has 0 N–H and O–H groups in total. The third-order valence-electron chi connectivity index (χ3n) is 5.36. The number of piperidine rings is 1. The Morgan fingerprint density at radius 2 is 1.88 bits per heavy atom. The standard InChI is InChI=1S/C17H24N6O/c1-21(2)15-7-6-14-18-19-16(23(14)20-15)12-8-10-22(11-9-12)17(24)13-4-3-5-13/h6-7,12-13H,3-5,8-11H2,1-2H3. The summed E-state index contributed by atoms with van der Waals surface area (Å²) in [6.07, 6.45) is 5.23. The highest BCUT2D eigenvalue weighted by molar-refractivity contribution is 5.79. The fraction of sp³-hybridized carbons (Fsp3) is 0.647. The summed E-state index contributed by atoms with van der Waals surface area (Å²) in [5, 5.41) is 13.3. The minimum atomic E-state index is 0.291. The van der Waals surface area contributed by atoms with Crippen molar-refractivity contribution in [3.63, 3.8) is 0 Å². The van der Waals surface area contributed by atoms with Gasteiger partial charge in [-0.3, -0.25) is 4.79 Å². The van der Waals surface area contributed by atoms with Crippen molar-refractivity contribution in [2.75, 3.05) is 32.1 Å². The van der Waals surface area contributed by atoms with Gasteiger partial charge in [-0.15, -0.1) is 15.3 Å². The summed E-state index contributed by atoms with van der Waals surface area (Å²) in [7, 11) is 3.95. The Morgan fingerprint density at radius 3 is 2.50 bits per heavy atom. The summed E-state index contributed by atoms with van der Waals surface area (Å²) in [6, 6.07) is 3.90. The van der Waals surface area contributed by atoms with Crippen molar-refractivity contribution in [2.45, 2.75) is 38.0 Å². The van der Waals surface area contributed by atoms with Crippen LogP contribution in [0.4, 0.5) is 5.82 Å². The molecule has 2 fully saturated rings. The number of carbonyl (C=O) groups is 1. The highest BCUT2D eigenvalue weighted by Crippen LogP contribution is 2.32. The molecular weight excluding hydrogens is 304 g/mol. The Labute approximate surface area is 141 Å². The number of nitrogens with zero attached hydrogens (tertiary/aromatic N) is 6. The van der Waals surface area contributed by atoms with Crippen LogP contribution < -0.4 is 4.90 Å². The fourth-order valence-corrected chi connectivity index (χ4v) is 3.56. The van der Waals surface area contributed by atoms with E-state index in [9.17, 15) is 4.79 Å². The molecule has 2 aromatic rings. The van der Waals surface area contributed by atoms with Gasteiger partial charge in [0.15, 0.2) is 11.5 Å². The topological polar surface area (TPSA) is 66.6 Å². The second kappa shape index (κ2) is 6.03. The Kier molecular flexibility index (Phi) is 3.86. The van der Waals surface area contributed by atoms with Gasteiger partial charge < -0.3 is 9.80 Å². The summed E-state index contributed by atoms with van der Waals surface area (Å²) in [4.78, 5) is 16.4. The van der Waals surface area contributed by atoms with E-state index in [1.165, 1.54) is 6.42 Å². The molecule has 0 radical (unpaired) electrons. The molecule has 0 spiro atoms. The molecule has 1 aliphatic heterocycles. The SMILES string of the molecule is CN(C)c1ccc2nnc(C3CCN(C(=O)C4CCC4)CC3)n2n1. The Bertz CT molecular complexity index is 743. The zero-order valence-corrected chi connectivity index (χ0v) is 14.4. The number of rotatable bonds is 3. The monoisotopic (exact) mass is 328 g/mol. The van der Waals surface area contributed by atoms with Gasteiger partial charge >= 0.3 is 0 Å². The van der Waals surface area contributed by atoms with Crippen LogP contribution in [-0.2, 0) is 4.79 Å². The van der Waals surface area contributed by atoms with Crippen molar-refractivity contribution in [1.82, 2.24) is 24.7 Å². The lowest BCUT2D eigenvalue weighted by molar-refractivity contribution is -0.139. The van der Waals surface area contributed by atoms with Gasteiger partial charge in [-0.05, 0) is 37.8 Å². The normalized spacial score (nSPS) is 19.5. The number of hydrogen-bond acceptors (Lipinski definition) is 5. The van der Waals surface area contributed by atoms with Gasteiger partial charge in [0.2, 0.25) is 5.91 Å². The first-order valence-electron chi connectivity index (χ1n) is 8.82. The second-order valence-electron chi connectivity index (χ2n) is 7.14. The number of likely N-dealkylation sites (tertiary alicyclic amines) is 1. The van der Waals surface area contributed by atoms with E-state index in [0.717, 1.165) is 56.1 Å². The maximum Gasteiger partial charge on any atom is 0.225 e. The largest absolute Gasteiger partial charge is 0.361 e. The van der Waals surface area contributed by atoms with E-state index in [1.54, 1.807) is 0 Å². The van der Waals surface area contributed by atoms with E-state index in [1.807, 2.05) is 40.5 Å². The van der Waals surface area contributed by atoms with Crippen LogP contribution in [0, 0.1) is 5.92 Å². The molecule has 3 heterocycles. The number of fused-ring (bicyclic) bond motifs is 1. The third-order valence-corrected chi connectivity index (χ3v) is 5.36. The molecule has 0 bridgehead atoms. The lowest BCUT2D eigenvalue weighted by atomic mass is 9.83. The predicted octanol–water partition coefficient (Wildman–Crippen LogP) is 1.70. The second-order valence-corrected chi connectivity index (χ2v) is 7.14. The summed E-state index contributed by atoms with van der Waals surface area (Å²) in [6.45, 7) is 1.64. The number of hydrogen-bond donors (Lipinski definition) is 0. The Balaban J connectivity index is 1.50. The lowest BCUT2D eigenvalue weighted by Gasteiger charge is -2.36. The first kappa shape index (κ1) is 15.4. The van der Waals surface area contributed by atoms with Gasteiger partial charge in [0.1, 0.15) is 5.82 Å². The molecule has 2 aromatic heterocycles. The maximum absolute atomic E-state index is 12.4. The molecule has 24 heavy (non-hydrogen) atoms. The molecule has 7 nitrogen and oxygen atoms in total. The van der Waals surface area contributed by atoms with E-state index in [0.29, 0.717) is 17.7 Å². The van der Waals surface area contributed by atoms with Crippen LogP contribution in [0.1, 0.15) is 43.8 Å². The van der Waals surface area contributed by atoms with E-state index in [-0.39, 0.29) is 0 Å². The first-order valence-corrected chi connectivity index (χ1v) is 8.82. The fourth-order valence-electron chi connectivity index (χ4n) is 3.56. The van der Waals surface area contributed by atoms with Crippen molar-refractivity contribution in [2.24, 2.45) is 5.92 Å². The number of carbonyl (C=O) groups excluding carboxylic acids is 1. The number of amides is 1. The molecular formula is C17H24N6O. The predicted molar refractivity (Wildman–Crippen MR) is 91.0 cm³/mol. The Hall–Kier alpha value is -2.18. The molecule has 4 rings (SSSR count). The average molecular weight is 328 g/mol. The quantitative estimate of drug-likeness (QED) is 0.858. The van der Waals surface area contributed by atoms with Crippen LogP contribution in [0.25, 0.3) is 5.65 Å². The van der Waals surface area contributed by atoms with Crippen LogP contribution >= 0.6 is 0 Å². The van der Waals surface area contributed by atoms with Gasteiger partial charge in [0.05, 0.1) is 0 Å². The van der Waals surface area contributed by atoms with Gasteiger partial charge in [0.25, 0.3) is 0 Å². The van der Waals surface area contributed by atoms with Crippen LogP contribution in [0.15, 0.2) is 12.1 Å². The maximum atomic E-state index is 12.4. The molecule has 128 valence electrons. The molecule has 1 saturated carbocycles. The molecule has 1 saturated heterocycles. The van der Waals surface area contributed by atoms with Crippen LogP contribution in [0.3, 0.4) is 0 Å². The number of aromatic nitrogens is 4. The third kappa shape index (κ3) is 2.61. The molecule has 0 aromatic carbocycles. The molecule has 7 heteroatoms. The van der Waals surface area contributed by atoms with Crippen LogP contribution in [0.2, 0.25) is 0 Å². The van der Waals surface area contributed by atoms with E-state index < -0.39 is 0 Å². The van der Waals surface area contributed by atoms with Crippen molar-refractivity contribution in [3.8, 4) is 0 Å². The first-order chi connectivity index (χ1) is 11.6. The van der Waals surface area contributed by atoms with Crippen LogP contribution in [0.5, 0.6) is 0 Å². The summed E-state index contributed by atoms with van der Waals surface area (Å²) < 4.78 is 1.86. The minimum Gasteiger partial charge on any atom is -0.361 e. The number of anilines is 1. The van der Waals surface area contributed by atoms with E-state index >= 15 is 0 Å². The zero-order chi connectivity index (χ0) is 16.7. The van der Waals surface area contributed by atoms with Gasteiger partial charge in [-0.1, -0.05) is 6.42 Å². The lowest BCUT2D eigenvalue weighted by Crippen LogP contribution is -2.43. The highest BCUT2D eigenvalue weighted by Gasteiger charge is 2.33. The minimum absolute atomic E-state index is 0.291. The highest BCUT2D eigenvalue weighted by atomic mass is 16.2. The van der Waals surface area contributed by atoms with Gasteiger partial charge in [0, 0.05) is 39.0 Å². The summed E-state index contributed by atoms with van der Waals surface area (Å²) in [5.74, 6) is 2.78. The molecule has 1 amide bonds. The van der Waals surface area contributed by atoms with E-state index in [4.69, 9.17) is 0 Å². The van der Waals surface area contributed by atoms with Crippen molar-refractivity contribution < 1.29 is 4.79 Å². The molecule has 0 unspecified atom stereocenters. The zero-order valence-electron chi connectivity index (χ0n) is 14.4.